The molecular weight excluding hydrogens is 508 g/mol. The Morgan fingerprint density at radius 3 is 2.36 bits per heavy atom. The first-order chi connectivity index (χ1) is 17.2. The predicted molar refractivity (Wildman–Crippen MR) is 134 cm³/mol. The maximum absolute atomic E-state index is 11.8. The van der Waals surface area contributed by atoms with Gasteiger partial charge >= 0.3 is 0 Å². The zero-order valence-corrected chi connectivity index (χ0v) is 20.1. The average molecular weight is 527 g/mol. The van der Waals surface area contributed by atoms with Gasteiger partial charge in [-0.1, -0.05) is 60.1 Å². The molecule has 0 bridgehead atoms. The molecule has 0 saturated carbocycles. The van der Waals surface area contributed by atoms with Gasteiger partial charge in [0.1, 0.15) is 10.8 Å². The Morgan fingerprint density at radius 2 is 1.64 bits per heavy atom. The van der Waals surface area contributed by atoms with Crippen molar-refractivity contribution in [1.82, 2.24) is 15.0 Å². The quantitative estimate of drug-likeness (QED) is 0.159. The summed E-state index contributed by atoms with van der Waals surface area (Å²) in [6, 6.07) is 19.6. The number of nitro benzene ring substituents is 1. The molecule has 0 atom stereocenters. The van der Waals surface area contributed by atoms with Crippen molar-refractivity contribution in [2.24, 2.45) is 0 Å². The summed E-state index contributed by atoms with van der Waals surface area (Å²) < 4.78 is 33.2. The number of anilines is 3. The van der Waals surface area contributed by atoms with Crippen LogP contribution < -0.4 is 10.6 Å². The van der Waals surface area contributed by atoms with E-state index < -0.39 is 15.0 Å². The molecule has 11 nitrogen and oxygen atoms in total. The second-order valence-corrected chi connectivity index (χ2v) is 9.34. The van der Waals surface area contributed by atoms with E-state index in [1.807, 2.05) is 30.3 Å². The summed E-state index contributed by atoms with van der Waals surface area (Å²) in [7, 11) is -4.46. The molecule has 0 fully saturated rings. The van der Waals surface area contributed by atoms with Crippen molar-refractivity contribution in [3.05, 3.63) is 105 Å². The van der Waals surface area contributed by atoms with E-state index in [2.05, 4.69) is 25.6 Å². The first-order valence-corrected chi connectivity index (χ1v) is 12.3. The molecule has 3 aromatic carbocycles. The maximum atomic E-state index is 11.8. The summed E-state index contributed by atoms with van der Waals surface area (Å²) in [5, 5.41) is 17.2. The topological polar surface area (TPSA) is 160 Å². The van der Waals surface area contributed by atoms with E-state index in [0.717, 1.165) is 5.56 Å². The van der Waals surface area contributed by atoms with Crippen LogP contribution in [0, 0.1) is 10.1 Å². The average Bonchev–Trinajstić information content (AvgIpc) is 2.84. The number of nitrogens with one attached hydrogen (secondary N) is 2. The van der Waals surface area contributed by atoms with Crippen molar-refractivity contribution in [2.45, 2.75) is 17.9 Å². The standard InChI is InChI=1S/C23H19ClN6O5S/c24-18-11-10-17(13-19(18)30(31)32)26-23-28-21(12-16-8-4-5-9-20(16)36(33,34)35)27-22(29-23)25-14-15-6-2-1-3-7-15/h1-11,13H,12,14H2,(H,33,34,35)(H2,25,26,27,28,29). The van der Waals surface area contributed by atoms with Gasteiger partial charge in [-0.3, -0.25) is 14.7 Å². The van der Waals surface area contributed by atoms with Gasteiger partial charge in [-0.2, -0.15) is 23.4 Å². The molecule has 0 amide bonds. The Bertz CT molecular complexity index is 1520. The summed E-state index contributed by atoms with van der Waals surface area (Å²) >= 11 is 5.90. The van der Waals surface area contributed by atoms with Crippen LogP contribution in [0.25, 0.3) is 0 Å². The van der Waals surface area contributed by atoms with Crippen molar-refractivity contribution >= 4 is 45.0 Å². The highest BCUT2D eigenvalue weighted by Crippen LogP contribution is 2.28. The normalized spacial score (nSPS) is 11.2. The van der Waals surface area contributed by atoms with Crippen molar-refractivity contribution in [2.75, 3.05) is 10.6 Å². The zero-order chi connectivity index (χ0) is 25.7. The van der Waals surface area contributed by atoms with Gasteiger partial charge in [0, 0.05) is 24.7 Å². The summed E-state index contributed by atoms with van der Waals surface area (Å²) in [6.07, 6.45) is -0.0338. The van der Waals surface area contributed by atoms with Crippen molar-refractivity contribution < 1.29 is 17.9 Å². The Hall–Kier alpha value is -4.13. The molecule has 36 heavy (non-hydrogen) atoms. The van der Waals surface area contributed by atoms with Crippen LogP contribution >= 0.6 is 11.6 Å². The lowest BCUT2D eigenvalue weighted by Crippen LogP contribution is -2.11. The Balaban J connectivity index is 1.69. The summed E-state index contributed by atoms with van der Waals surface area (Å²) in [4.78, 5) is 23.5. The second-order valence-electron chi connectivity index (χ2n) is 7.55. The lowest BCUT2D eigenvalue weighted by Gasteiger charge is -2.12. The fourth-order valence-electron chi connectivity index (χ4n) is 3.34. The lowest BCUT2D eigenvalue weighted by atomic mass is 10.1. The van der Waals surface area contributed by atoms with E-state index in [-0.39, 0.29) is 45.3 Å². The first-order valence-electron chi connectivity index (χ1n) is 10.5. The SMILES string of the molecule is O=[N+]([O-])c1cc(Nc2nc(Cc3ccccc3S(=O)(=O)O)nc(NCc3ccccc3)n2)ccc1Cl. The van der Waals surface area contributed by atoms with Crippen LogP contribution in [0.3, 0.4) is 0 Å². The van der Waals surface area contributed by atoms with Crippen LogP contribution in [0.4, 0.5) is 23.3 Å². The molecule has 1 aromatic heterocycles. The minimum Gasteiger partial charge on any atom is -0.350 e. The molecule has 0 saturated heterocycles. The Labute approximate surface area is 211 Å². The third kappa shape index (κ3) is 6.30. The van der Waals surface area contributed by atoms with E-state index in [4.69, 9.17) is 11.6 Å². The smallest absolute Gasteiger partial charge is 0.294 e. The van der Waals surface area contributed by atoms with Gasteiger partial charge in [0.25, 0.3) is 15.8 Å². The molecule has 184 valence electrons. The number of benzene rings is 3. The van der Waals surface area contributed by atoms with E-state index in [1.165, 1.54) is 30.3 Å². The third-order valence-electron chi connectivity index (χ3n) is 4.97. The monoisotopic (exact) mass is 526 g/mol. The van der Waals surface area contributed by atoms with Gasteiger partial charge < -0.3 is 10.6 Å². The number of nitrogens with zero attached hydrogens (tertiary/aromatic N) is 4. The number of hydrogen-bond donors (Lipinski definition) is 3. The molecule has 1 heterocycles. The molecule has 0 aliphatic heterocycles. The van der Waals surface area contributed by atoms with Crippen LogP contribution in [-0.2, 0) is 23.1 Å². The fraction of sp³-hybridized carbons (Fsp3) is 0.0870. The number of nitro groups is 1. The van der Waals surface area contributed by atoms with Crippen LogP contribution in [0.1, 0.15) is 17.0 Å². The van der Waals surface area contributed by atoms with Crippen molar-refractivity contribution in [3.63, 3.8) is 0 Å². The lowest BCUT2D eigenvalue weighted by molar-refractivity contribution is -0.384. The Morgan fingerprint density at radius 1 is 0.944 bits per heavy atom. The molecule has 4 rings (SSSR count). The van der Waals surface area contributed by atoms with Crippen LogP contribution in [-0.4, -0.2) is 32.8 Å². The van der Waals surface area contributed by atoms with Crippen LogP contribution in [0.2, 0.25) is 5.02 Å². The molecule has 0 spiro atoms. The largest absolute Gasteiger partial charge is 0.350 e. The van der Waals surface area contributed by atoms with Gasteiger partial charge in [-0.25, -0.2) is 0 Å². The van der Waals surface area contributed by atoms with E-state index in [1.54, 1.807) is 12.1 Å². The molecule has 0 aliphatic carbocycles. The molecular formula is C23H19ClN6O5S. The third-order valence-corrected chi connectivity index (χ3v) is 6.25. The second kappa shape index (κ2) is 10.6. The minimum atomic E-state index is -4.46. The number of hydrogen-bond acceptors (Lipinski definition) is 9. The highest BCUT2D eigenvalue weighted by Gasteiger charge is 2.18. The van der Waals surface area contributed by atoms with E-state index in [0.29, 0.717) is 12.2 Å². The van der Waals surface area contributed by atoms with E-state index in [9.17, 15) is 23.1 Å². The van der Waals surface area contributed by atoms with Crippen molar-refractivity contribution in [1.29, 1.82) is 0 Å². The van der Waals surface area contributed by atoms with Gasteiger partial charge in [-0.15, -0.1) is 0 Å². The van der Waals surface area contributed by atoms with Crippen LogP contribution in [0.15, 0.2) is 77.7 Å². The highest BCUT2D eigenvalue weighted by atomic mass is 35.5. The molecule has 13 heteroatoms. The minimum absolute atomic E-state index is 0.0195. The summed E-state index contributed by atoms with van der Waals surface area (Å²) in [5.41, 5.74) is 1.28. The number of rotatable bonds is 9. The van der Waals surface area contributed by atoms with Gasteiger partial charge in [-0.05, 0) is 29.3 Å². The Kier molecular flexibility index (Phi) is 7.38. The number of halogens is 1. The van der Waals surface area contributed by atoms with Crippen molar-refractivity contribution in [3.8, 4) is 0 Å². The molecule has 4 aromatic rings. The van der Waals surface area contributed by atoms with Gasteiger partial charge in [0.2, 0.25) is 11.9 Å². The summed E-state index contributed by atoms with van der Waals surface area (Å²) in [5.74, 6) is 0.457. The summed E-state index contributed by atoms with van der Waals surface area (Å²) in [6.45, 7) is 0.401. The highest BCUT2D eigenvalue weighted by molar-refractivity contribution is 7.85. The van der Waals surface area contributed by atoms with E-state index >= 15 is 0 Å². The molecule has 0 aliphatic rings. The van der Waals surface area contributed by atoms with Gasteiger partial charge in [0.05, 0.1) is 9.82 Å². The molecule has 3 N–H and O–H groups in total. The van der Waals surface area contributed by atoms with Gasteiger partial charge in [0.15, 0.2) is 0 Å². The van der Waals surface area contributed by atoms with Crippen LogP contribution in [0.5, 0.6) is 0 Å². The maximum Gasteiger partial charge on any atom is 0.294 e. The fourth-order valence-corrected chi connectivity index (χ4v) is 4.25. The zero-order valence-electron chi connectivity index (χ0n) is 18.5. The molecule has 0 unspecified atom stereocenters. The predicted octanol–water partition coefficient (Wildman–Crippen LogP) is 4.63. The molecule has 0 radical (unpaired) electrons. The number of aromatic nitrogens is 3. The first kappa shape index (κ1) is 25.0.